The predicted molar refractivity (Wildman–Crippen MR) is 88.9 cm³/mol. The Bertz CT molecular complexity index is 694. The van der Waals surface area contributed by atoms with Crippen LogP contribution in [0.15, 0.2) is 42.5 Å². The van der Waals surface area contributed by atoms with Gasteiger partial charge in [0.2, 0.25) is 5.91 Å². The minimum absolute atomic E-state index is 0.0568. The van der Waals surface area contributed by atoms with Crippen LogP contribution in [0.4, 0.5) is 14.5 Å². The van der Waals surface area contributed by atoms with Crippen LogP contribution in [-0.2, 0) is 4.79 Å². The molecule has 0 saturated carbocycles. The monoisotopic (exact) mass is 338 g/mol. The summed E-state index contributed by atoms with van der Waals surface area (Å²) in [5, 5.41) is 5.63. The average Bonchev–Trinajstić information content (AvgIpc) is 2.55. The van der Waals surface area contributed by atoms with Gasteiger partial charge in [-0.05, 0) is 19.1 Å². The van der Waals surface area contributed by atoms with Gasteiger partial charge in [0.15, 0.2) is 5.82 Å². The van der Waals surface area contributed by atoms with Crippen LogP contribution in [0.25, 0.3) is 11.1 Å². The lowest BCUT2D eigenvalue weighted by Crippen LogP contribution is -2.39. The number of alkyl halides is 1. The van der Waals surface area contributed by atoms with E-state index in [0.717, 1.165) is 0 Å². The summed E-state index contributed by atoms with van der Waals surface area (Å²) in [6.07, 6.45) is 0. The Morgan fingerprint density at radius 1 is 1.17 bits per heavy atom. The number of hydrogen-bond donors (Lipinski definition) is 2. The Labute approximate surface area is 138 Å². The summed E-state index contributed by atoms with van der Waals surface area (Å²) in [6, 6.07) is 11.0. The molecule has 1 unspecified atom stereocenters. The molecular weight excluding hydrogens is 322 g/mol. The van der Waals surface area contributed by atoms with E-state index in [9.17, 15) is 13.6 Å². The molecule has 2 aromatic rings. The van der Waals surface area contributed by atoms with E-state index in [4.69, 9.17) is 11.6 Å². The number of halogens is 3. The lowest BCUT2D eigenvalue weighted by molar-refractivity contribution is -0.117. The summed E-state index contributed by atoms with van der Waals surface area (Å²) in [7, 11) is 0. The van der Waals surface area contributed by atoms with Crippen LogP contribution in [0, 0.1) is 5.82 Å². The zero-order valence-electron chi connectivity index (χ0n) is 12.6. The van der Waals surface area contributed by atoms with Crippen LogP contribution in [0.1, 0.15) is 6.92 Å². The standard InChI is InChI=1S/C17H17ClF2N2O/c1-11(21-10-9-19)17(23)22-15-8-4-6-13(16(15)20)12-5-2-3-7-14(12)18/h2-8,11,21H,9-10H2,1H3,(H,22,23). The lowest BCUT2D eigenvalue weighted by Gasteiger charge is -2.15. The molecule has 2 aromatic carbocycles. The summed E-state index contributed by atoms with van der Waals surface area (Å²) in [6.45, 7) is 1.07. The molecule has 0 aliphatic heterocycles. The molecule has 0 fully saturated rings. The zero-order chi connectivity index (χ0) is 16.8. The van der Waals surface area contributed by atoms with E-state index < -0.39 is 24.4 Å². The van der Waals surface area contributed by atoms with Crippen LogP contribution < -0.4 is 10.6 Å². The molecule has 122 valence electrons. The van der Waals surface area contributed by atoms with Gasteiger partial charge in [-0.3, -0.25) is 4.79 Å². The number of anilines is 1. The number of rotatable bonds is 6. The van der Waals surface area contributed by atoms with E-state index in [2.05, 4.69) is 10.6 Å². The third-order valence-corrected chi connectivity index (χ3v) is 3.69. The first-order chi connectivity index (χ1) is 11.0. The van der Waals surface area contributed by atoms with Crippen molar-refractivity contribution in [2.75, 3.05) is 18.5 Å². The Morgan fingerprint density at radius 3 is 2.57 bits per heavy atom. The quantitative estimate of drug-likeness (QED) is 0.835. The first-order valence-corrected chi connectivity index (χ1v) is 7.56. The van der Waals surface area contributed by atoms with Crippen molar-refractivity contribution < 1.29 is 13.6 Å². The van der Waals surface area contributed by atoms with Crippen LogP contribution in [0.5, 0.6) is 0 Å². The van der Waals surface area contributed by atoms with Crippen LogP contribution >= 0.6 is 11.6 Å². The van der Waals surface area contributed by atoms with E-state index in [-0.39, 0.29) is 12.2 Å². The van der Waals surface area contributed by atoms with Gasteiger partial charge in [0.05, 0.1) is 11.7 Å². The Morgan fingerprint density at radius 2 is 1.87 bits per heavy atom. The van der Waals surface area contributed by atoms with E-state index in [1.165, 1.54) is 6.07 Å². The van der Waals surface area contributed by atoms with Gasteiger partial charge >= 0.3 is 0 Å². The maximum absolute atomic E-state index is 14.7. The Hall–Kier alpha value is -1.98. The van der Waals surface area contributed by atoms with Crippen molar-refractivity contribution >= 4 is 23.2 Å². The maximum Gasteiger partial charge on any atom is 0.241 e. The molecular formula is C17H17ClF2N2O. The highest BCUT2D eigenvalue weighted by molar-refractivity contribution is 6.33. The van der Waals surface area contributed by atoms with Crippen molar-refractivity contribution in [1.29, 1.82) is 0 Å². The fourth-order valence-corrected chi connectivity index (χ4v) is 2.36. The van der Waals surface area contributed by atoms with Crippen molar-refractivity contribution in [3.05, 3.63) is 53.3 Å². The Balaban J connectivity index is 2.24. The van der Waals surface area contributed by atoms with Gasteiger partial charge in [0, 0.05) is 22.7 Å². The molecule has 0 radical (unpaired) electrons. The predicted octanol–water partition coefficient (Wildman–Crippen LogP) is 4.03. The fourth-order valence-electron chi connectivity index (χ4n) is 2.12. The molecule has 0 heterocycles. The molecule has 3 nitrogen and oxygen atoms in total. The lowest BCUT2D eigenvalue weighted by atomic mass is 10.0. The topological polar surface area (TPSA) is 41.1 Å². The van der Waals surface area contributed by atoms with Crippen LogP contribution in [0.3, 0.4) is 0 Å². The van der Waals surface area contributed by atoms with Crippen molar-refractivity contribution in [2.45, 2.75) is 13.0 Å². The van der Waals surface area contributed by atoms with E-state index >= 15 is 0 Å². The minimum atomic E-state index is -0.630. The van der Waals surface area contributed by atoms with Crippen molar-refractivity contribution in [3.8, 4) is 11.1 Å². The van der Waals surface area contributed by atoms with Crippen LogP contribution in [0.2, 0.25) is 5.02 Å². The Kier molecular flexibility index (Phi) is 6.07. The number of hydrogen-bond acceptors (Lipinski definition) is 2. The summed E-state index contributed by atoms with van der Waals surface area (Å²) >= 11 is 6.10. The number of nitrogens with one attached hydrogen (secondary N) is 2. The second-order valence-corrected chi connectivity index (χ2v) is 5.41. The first kappa shape index (κ1) is 17.4. The second-order valence-electron chi connectivity index (χ2n) is 5.00. The van der Waals surface area contributed by atoms with Gasteiger partial charge in [-0.15, -0.1) is 0 Å². The maximum atomic E-state index is 14.7. The summed E-state index contributed by atoms with van der Waals surface area (Å²) in [5.41, 5.74) is 0.908. The molecule has 2 rings (SSSR count). The van der Waals surface area contributed by atoms with Gasteiger partial charge < -0.3 is 10.6 Å². The average molecular weight is 339 g/mol. The minimum Gasteiger partial charge on any atom is -0.322 e. The van der Waals surface area contributed by atoms with E-state index in [1.807, 2.05) is 0 Å². The fraction of sp³-hybridized carbons (Fsp3) is 0.235. The number of amides is 1. The van der Waals surface area contributed by atoms with Gasteiger partial charge in [-0.1, -0.05) is 41.9 Å². The highest BCUT2D eigenvalue weighted by atomic mass is 35.5. The summed E-state index contributed by atoms with van der Waals surface area (Å²) in [5.74, 6) is -1.000. The normalized spacial score (nSPS) is 12.0. The summed E-state index contributed by atoms with van der Waals surface area (Å²) < 4.78 is 26.8. The number of benzene rings is 2. The molecule has 2 N–H and O–H groups in total. The zero-order valence-corrected chi connectivity index (χ0v) is 13.3. The highest BCUT2D eigenvalue weighted by Crippen LogP contribution is 2.32. The van der Waals surface area contributed by atoms with Crippen LogP contribution in [-0.4, -0.2) is 25.2 Å². The summed E-state index contributed by atoms with van der Waals surface area (Å²) in [4.78, 5) is 12.0. The smallest absolute Gasteiger partial charge is 0.241 e. The number of carbonyl (C=O) groups excluding carboxylic acids is 1. The van der Waals surface area contributed by atoms with Gasteiger partial charge in [-0.2, -0.15) is 0 Å². The van der Waals surface area contributed by atoms with E-state index in [1.54, 1.807) is 43.3 Å². The molecule has 0 aromatic heterocycles. The molecule has 1 amide bonds. The van der Waals surface area contributed by atoms with Gasteiger partial charge in [0.25, 0.3) is 0 Å². The molecule has 0 aliphatic carbocycles. The first-order valence-electron chi connectivity index (χ1n) is 7.18. The largest absolute Gasteiger partial charge is 0.322 e. The number of carbonyl (C=O) groups is 1. The second kappa shape index (κ2) is 8.04. The molecule has 1 atom stereocenters. The third kappa shape index (κ3) is 4.27. The SMILES string of the molecule is CC(NCCF)C(=O)Nc1cccc(-c2ccccc2Cl)c1F. The molecule has 0 saturated heterocycles. The third-order valence-electron chi connectivity index (χ3n) is 3.36. The molecule has 0 spiro atoms. The van der Waals surface area contributed by atoms with Crippen molar-refractivity contribution in [3.63, 3.8) is 0 Å². The molecule has 0 aliphatic rings. The molecule has 6 heteroatoms. The van der Waals surface area contributed by atoms with Crippen molar-refractivity contribution in [1.82, 2.24) is 5.32 Å². The van der Waals surface area contributed by atoms with Gasteiger partial charge in [0.1, 0.15) is 6.67 Å². The van der Waals surface area contributed by atoms with E-state index in [0.29, 0.717) is 16.1 Å². The molecule has 0 bridgehead atoms. The highest BCUT2D eigenvalue weighted by Gasteiger charge is 2.17. The molecule has 23 heavy (non-hydrogen) atoms. The van der Waals surface area contributed by atoms with Gasteiger partial charge in [-0.25, -0.2) is 8.78 Å². The van der Waals surface area contributed by atoms with Crippen molar-refractivity contribution in [2.24, 2.45) is 0 Å².